The van der Waals surface area contributed by atoms with Crippen LogP contribution in [0.15, 0.2) is 4.52 Å². The molecule has 0 amide bonds. The molecule has 7 heteroatoms. The van der Waals surface area contributed by atoms with Crippen LogP contribution in [0.1, 0.15) is 18.6 Å². The summed E-state index contributed by atoms with van der Waals surface area (Å²) in [7, 11) is 4.22. The lowest BCUT2D eigenvalue weighted by atomic mass is 10.1. The van der Waals surface area contributed by atoms with Gasteiger partial charge in [-0.05, 0) is 21.0 Å². The Balaban J connectivity index is 1.90. The second-order valence-corrected chi connectivity index (χ2v) is 5.19. The Morgan fingerprint density at radius 2 is 2.25 bits per heavy atom. The quantitative estimate of drug-likeness (QED) is 0.702. The highest BCUT2D eigenvalue weighted by Gasteiger charge is 2.24. The van der Waals surface area contributed by atoms with E-state index >= 15 is 0 Å². The van der Waals surface area contributed by atoms with Crippen molar-refractivity contribution in [1.29, 1.82) is 0 Å². The van der Waals surface area contributed by atoms with Gasteiger partial charge in [-0.25, -0.2) is 0 Å². The predicted molar refractivity (Wildman–Crippen MR) is 72.3 cm³/mol. The molecule has 0 bridgehead atoms. The number of likely N-dealkylation sites (N-methyl/N-ethyl adjacent to an activating group) is 2. The first kappa shape index (κ1) is 14.9. The zero-order valence-corrected chi connectivity index (χ0v) is 12.3. The minimum Gasteiger partial charge on any atom is -0.466 e. The molecule has 0 N–H and O–H groups in total. The van der Waals surface area contributed by atoms with E-state index in [-0.39, 0.29) is 12.4 Å². The van der Waals surface area contributed by atoms with Crippen molar-refractivity contribution in [2.24, 2.45) is 0 Å². The van der Waals surface area contributed by atoms with E-state index in [9.17, 15) is 4.79 Å². The van der Waals surface area contributed by atoms with Crippen molar-refractivity contribution in [3.63, 3.8) is 0 Å². The van der Waals surface area contributed by atoms with Gasteiger partial charge in [0, 0.05) is 32.1 Å². The number of esters is 1. The van der Waals surface area contributed by atoms with Crippen LogP contribution >= 0.6 is 0 Å². The smallest absolute Gasteiger partial charge is 0.315 e. The maximum Gasteiger partial charge on any atom is 0.315 e. The molecule has 1 aromatic rings. The summed E-state index contributed by atoms with van der Waals surface area (Å²) >= 11 is 0. The van der Waals surface area contributed by atoms with Crippen molar-refractivity contribution in [3.05, 3.63) is 11.7 Å². The van der Waals surface area contributed by atoms with E-state index in [0.29, 0.717) is 24.4 Å². The normalized spacial score (nSPS) is 21.1. The molecule has 0 spiro atoms. The molecular formula is C13H22N4O3. The molecule has 1 aliphatic rings. The van der Waals surface area contributed by atoms with Gasteiger partial charge in [-0.1, -0.05) is 5.16 Å². The van der Waals surface area contributed by atoms with Crippen molar-refractivity contribution in [2.75, 3.05) is 40.3 Å². The van der Waals surface area contributed by atoms with Crippen molar-refractivity contribution >= 4 is 5.97 Å². The average Bonchev–Trinajstić information content (AvgIpc) is 2.81. The Kier molecular flexibility index (Phi) is 5.08. The third-order valence-corrected chi connectivity index (χ3v) is 3.51. The van der Waals surface area contributed by atoms with E-state index < -0.39 is 0 Å². The van der Waals surface area contributed by atoms with Gasteiger partial charge in [0.2, 0.25) is 5.89 Å². The van der Waals surface area contributed by atoms with Crippen molar-refractivity contribution < 1.29 is 14.1 Å². The lowest BCUT2D eigenvalue weighted by Crippen LogP contribution is -2.50. The van der Waals surface area contributed by atoms with E-state index in [2.05, 4.69) is 34.0 Å². The summed E-state index contributed by atoms with van der Waals surface area (Å²) in [5, 5.41) is 3.94. The number of ether oxygens (including phenoxy) is 1. The molecule has 2 heterocycles. The Hall–Kier alpha value is -1.47. The second kappa shape index (κ2) is 6.81. The minimum atomic E-state index is -0.336. The fourth-order valence-electron chi connectivity index (χ4n) is 2.31. The number of hydrogen-bond donors (Lipinski definition) is 0. The Labute approximate surface area is 118 Å². The predicted octanol–water partition coefficient (Wildman–Crippen LogP) is -0.0365. The summed E-state index contributed by atoms with van der Waals surface area (Å²) < 4.78 is 9.95. The van der Waals surface area contributed by atoms with E-state index in [1.165, 1.54) is 0 Å². The number of carbonyl (C=O) groups excluding carboxylic acids is 1. The van der Waals surface area contributed by atoms with Gasteiger partial charge in [0.15, 0.2) is 5.82 Å². The average molecular weight is 282 g/mol. The highest BCUT2D eigenvalue weighted by Crippen LogP contribution is 2.11. The van der Waals surface area contributed by atoms with Crippen LogP contribution in [-0.2, 0) is 22.4 Å². The van der Waals surface area contributed by atoms with Crippen LogP contribution in [0.25, 0.3) is 0 Å². The topological polar surface area (TPSA) is 71.7 Å². The van der Waals surface area contributed by atoms with E-state index in [1.54, 1.807) is 6.92 Å². The highest BCUT2D eigenvalue weighted by molar-refractivity contribution is 5.71. The van der Waals surface area contributed by atoms with Gasteiger partial charge in [-0.15, -0.1) is 0 Å². The van der Waals surface area contributed by atoms with Crippen molar-refractivity contribution in [1.82, 2.24) is 19.9 Å². The van der Waals surface area contributed by atoms with Crippen LogP contribution in [0.5, 0.6) is 0 Å². The molecule has 20 heavy (non-hydrogen) atoms. The first-order valence-corrected chi connectivity index (χ1v) is 6.94. The largest absolute Gasteiger partial charge is 0.466 e. The Morgan fingerprint density at radius 1 is 1.45 bits per heavy atom. The van der Waals surface area contributed by atoms with E-state index in [1.807, 2.05) is 0 Å². The third kappa shape index (κ3) is 4.01. The third-order valence-electron chi connectivity index (χ3n) is 3.51. The monoisotopic (exact) mass is 282 g/mol. The molecule has 2 rings (SSSR count). The highest BCUT2D eigenvalue weighted by atomic mass is 16.5. The zero-order chi connectivity index (χ0) is 14.5. The fraction of sp³-hybridized carbons (Fsp3) is 0.769. The standard InChI is InChI=1S/C13H22N4O3/c1-4-19-13(18)8-12-14-11(15-20-12)7-10-9-16(2)5-6-17(10)3/h10H,4-9H2,1-3H3. The molecule has 0 saturated carbocycles. The van der Waals surface area contributed by atoms with Crippen LogP contribution in [0, 0.1) is 0 Å². The number of nitrogens with zero attached hydrogens (tertiary/aromatic N) is 4. The molecule has 1 aromatic heterocycles. The fourth-order valence-corrected chi connectivity index (χ4v) is 2.31. The SMILES string of the molecule is CCOC(=O)Cc1nc(CC2CN(C)CCN2C)no1. The number of rotatable bonds is 5. The molecule has 1 saturated heterocycles. The van der Waals surface area contributed by atoms with Crippen LogP contribution in [-0.4, -0.2) is 72.3 Å². The summed E-state index contributed by atoms with van der Waals surface area (Å²) in [6, 6.07) is 0.377. The molecular weight excluding hydrogens is 260 g/mol. The van der Waals surface area contributed by atoms with Gasteiger partial charge < -0.3 is 19.1 Å². The second-order valence-electron chi connectivity index (χ2n) is 5.19. The number of carbonyl (C=O) groups is 1. The molecule has 0 aliphatic carbocycles. The van der Waals surface area contributed by atoms with Crippen LogP contribution in [0.3, 0.4) is 0 Å². The van der Waals surface area contributed by atoms with Gasteiger partial charge in [-0.2, -0.15) is 4.98 Å². The maximum absolute atomic E-state index is 11.3. The summed E-state index contributed by atoms with van der Waals surface area (Å²) in [5.41, 5.74) is 0. The Morgan fingerprint density at radius 3 is 3.00 bits per heavy atom. The zero-order valence-electron chi connectivity index (χ0n) is 12.3. The van der Waals surface area contributed by atoms with Gasteiger partial charge in [0.25, 0.3) is 0 Å². The van der Waals surface area contributed by atoms with Gasteiger partial charge in [0.1, 0.15) is 6.42 Å². The molecule has 7 nitrogen and oxygen atoms in total. The maximum atomic E-state index is 11.3. The lowest BCUT2D eigenvalue weighted by molar-refractivity contribution is -0.142. The van der Waals surface area contributed by atoms with E-state index in [4.69, 9.17) is 9.26 Å². The molecule has 1 atom stereocenters. The minimum absolute atomic E-state index is 0.0429. The number of hydrogen-bond acceptors (Lipinski definition) is 7. The Bertz CT molecular complexity index is 449. The van der Waals surface area contributed by atoms with Gasteiger partial charge in [-0.3, -0.25) is 4.79 Å². The van der Waals surface area contributed by atoms with E-state index in [0.717, 1.165) is 26.1 Å². The van der Waals surface area contributed by atoms with Gasteiger partial charge >= 0.3 is 5.97 Å². The first-order valence-electron chi connectivity index (χ1n) is 6.94. The first-order chi connectivity index (χ1) is 9.58. The van der Waals surface area contributed by atoms with Crippen LogP contribution in [0.2, 0.25) is 0 Å². The molecule has 0 radical (unpaired) electrons. The number of aromatic nitrogens is 2. The van der Waals surface area contributed by atoms with Crippen molar-refractivity contribution in [3.8, 4) is 0 Å². The molecule has 112 valence electrons. The number of piperazine rings is 1. The molecule has 1 unspecified atom stereocenters. The lowest BCUT2D eigenvalue weighted by Gasteiger charge is -2.37. The summed E-state index contributed by atoms with van der Waals surface area (Å²) in [6.07, 6.45) is 0.772. The van der Waals surface area contributed by atoms with Crippen molar-refractivity contribution in [2.45, 2.75) is 25.8 Å². The summed E-state index contributed by atoms with van der Waals surface area (Å²) in [4.78, 5) is 20.2. The molecule has 0 aromatic carbocycles. The van der Waals surface area contributed by atoms with Crippen LogP contribution < -0.4 is 0 Å². The summed E-state index contributed by atoms with van der Waals surface area (Å²) in [5.74, 6) is 0.638. The molecule has 1 fully saturated rings. The molecule has 1 aliphatic heterocycles. The van der Waals surface area contributed by atoms with Gasteiger partial charge in [0.05, 0.1) is 6.61 Å². The van der Waals surface area contributed by atoms with Crippen LogP contribution in [0.4, 0.5) is 0 Å². The summed E-state index contributed by atoms with van der Waals surface area (Å²) in [6.45, 7) is 5.23.